The quantitative estimate of drug-likeness (QED) is 0.590. The maximum absolute atomic E-state index is 12.6. The minimum absolute atomic E-state index is 0.213. The van der Waals surface area contributed by atoms with Crippen molar-refractivity contribution in [2.45, 2.75) is 0 Å². The summed E-state index contributed by atoms with van der Waals surface area (Å²) in [4.78, 5) is 28.5. The van der Waals surface area contributed by atoms with Gasteiger partial charge < -0.3 is 9.64 Å². The van der Waals surface area contributed by atoms with Gasteiger partial charge in [-0.1, -0.05) is 30.3 Å². The fourth-order valence-corrected chi connectivity index (χ4v) is 3.35. The number of nitrogens with one attached hydrogen (secondary N) is 1. The minimum atomic E-state index is -0.213. The lowest BCUT2D eigenvalue weighted by Crippen LogP contribution is -2.37. The van der Waals surface area contributed by atoms with Crippen LogP contribution in [0.1, 0.15) is 0 Å². The maximum atomic E-state index is 12.6. The molecule has 0 unspecified atom stereocenters. The van der Waals surface area contributed by atoms with Crippen molar-refractivity contribution in [2.75, 3.05) is 31.2 Å². The Morgan fingerprint density at radius 1 is 1.00 bits per heavy atom. The molecular weight excluding hydrogens is 356 g/mol. The molecule has 140 valence electrons. The number of aromatic amines is 1. The molecule has 1 aliphatic heterocycles. The molecule has 1 aliphatic rings. The van der Waals surface area contributed by atoms with Crippen molar-refractivity contribution in [1.29, 1.82) is 0 Å². The molecule has 1 N–H and O–H groups in total. The number of anilines is 1. The van der Waals surface area contributed by atoms with Crippen molar-refractivity contribution in [3.05, 3.63) is 65.1 Å². The lowest BCUT2D eigenvalue weighted by atomic mass is 10.2. The summed E-state index contributed by atoms with van der Waals surface area (Å²) in [5.74, 6) is 1.01. The Morgan fingerprint density at radius 3 is 2.64 bits per heavy atom. The highest BCUT2D eigenvalue weighted by Gasteiger charge is 2.20. The van der Waals surface area contributed by atoms with Gasteiger partial charge in [-0.25, -0.2) is 4.98 Å². The van der Waals surface area contributed by atoms with E-state index in [2.05, 4.69) is 20.0 Å². The Morgan fingerprint density at radius 2 is 1.82 bits per heavy atom. The second kappa shape index (κ2) is 6.90. The van der Waals surface area contributed by atoms with Gasteiger partial charge in [-0.15, -0.1) is 0 Å². The predicted molar refractivity (Wildman–Crippen MR) is 106 cm³/mol. The van der Waals surface area contributed by atoms with Crippen molar-refractivity contribution < 1.29 is 4.74 Å². The first-order valence-electron chi connectivity index (χ1n) is 9.13. The molecule has 0 amide bonds. The van der Waals surface area contributed by atoms with Crippen molar-refractivity contribution in [2.24, 2.45) is 0 Å². The zero-order valence-corrected chi connectivity index (χ0v) is 15.1. The van der Waals surface area contributed by atoms with E-state index in [0.29, 0.717) is 36.2 Å². The van der Waals surface area contributed by atoms with Crippen molar-refractivity contribution in [3.8, 4) is 17.2 Å². The molecule has 28 heavy (non-hydrogen) atoms. The minimum Gasteiger partial charge on any atom is -0.378 e. The van der Waals surface area contributed by atoms with Gasteiger partial charge >= 0.3 is 0 Å². The van der Waals surface area contributed by atoms with Gasteiger partial charge in [-0.3, -0.25) is 14.9 Å². The number of ether oxygens (including phenoxy) is 1. The van der Waals surface area contributed by atoms with E-state index < -0.39 is 0 Å². The standard InChI is InChI=1S/C20H18N6O2/c27-17-13-16(14-5-2-1-3-6-14)24-26(17)20-22-15-7-4-8-21-18(15)19(23-20)25-9-11-28-12-10-25/h1-8,13,24H,9-12H2. The summed E-state index contributed by atoms with van der Waals surface area (Å²) in [6.45, 7) is 2.70. The molecule has 8 heteroatoms. The fourth-order valence-electron chi connectivity index (χ4n) is 3.35. The highest BCUT2D eigenvalue weighted by atomic mass is 16.5. The largest absolute Gasteiger partial charge is 0.378 e. The van der Waals surface area contributed by atoms with E-state index in [4.69, 9.17) is 9.72 Å². The topological polar surface area (TPSA) is 88.9 Å². The van der Waals surface area contributed by atoms with Crippen LogP contribution in [0.3, 0.4) is 0 Å². The van der Waals surface area contributed by atoms with Crippen LogP contribution in [-0.4, -0.2) is 51.0 Å². The van der Waals surface area contributed by atoms with Crippen molar-refractivity contribution in [1.82, 2.24) is 24.7 Å². The molecular formula is C20H18N6O2. The summed E-state index contributed by atoms with van der Waals surface area (Å²) in [5, 5.41) is 3.12. The summed E-state index contributed by atoms with van der Waals surface area (Å²) in [6.07, 6.45) is 1.73. The van der Waals surface area contributed by atoms with Crippen LogP contribution in [0.15, 0.2) is 59.5 Å². The van der Waals surface area contributed by atoms with Crippen molar-refractivity contribution in [3.63, 3.8) is 0 Å². The Labute approximate surface area is 160 Å². The second-order valence-electron chi connectivity index (χ2n) is 6.53. The first-order chi connectivity index (χ1) is 13.8. The molecule has 3 aromatic heterocycles. The number of pyridine rings is 1. The molecule has 0 atom stereocenters. The van der Waals surface area contributed by atoms with Crippen molar-refractivity contribution >= 4 is 16.9 Å². The summed E-state index contributed by atoms with van der Waals surface area (Å²) in [6, 6.07) is 14.9. The number of hydrogen-bond donors (Lipinski definition) is 1. The lowest BCUT2D eigenvalue weighted by Gasteiger charge is -2.28. The van der Waals surface area contributed by atoms with Crippen LogP contribution in [0.25, 0.3) is 28.2 Å². The molecule has 1 aromatic carbocycles. The van der Waals surface area contributed by atoms with Gasteiger partial charge in [0.1, 0.15) is 5.52 Å². The van der Waals surface area contributed by atoms with E-state index in [1.807, 2.05) is 42.5 Å². The number of benzene rings is 1. The summed E-state index contributed by atoms with van der Waals surface area (Å²) >= 11 is 0. The average Bonchev–Trinajstić information content (AvgIpc) is 3.16. The van der Waals surface area contributed by atoms with Crippen LogP contribution in [-0.2, 0) is 4.74 Å². The number of nitrogens with zero attached hydrogens (tertiary/aromatic N) is 5. The van der Waals surface area contributed by atoms with Crippen LogP contribution in [0.5, 0.6) is 0 Å². The predicted octanol–water partition coefficient (Wildman–Crippen LogP) is 2.01. The SMILES string of the molecule is O=c1cc(-c2ccccc2)[nH]n1-c1nc(N2CCOCC2)c2ncccc2n1. The number of H-pyrrole nitrogens is 1. The zero-order valence-electron chi connectivity index (χ0n) is 15.1. The molecule has 0 bridgehead atoms. The molecule has 5 rings (SSSR count). The van der Waals surface area contributed by atoms with Gasteiger partial charge in [0.05, 0.1) is 24.4 Å². The molecule has 4 aromatic rings. The molecule has 0 spiro atoms. The number of aromatic nitrogens is 5. The van der Waals surface area contributed by atoms with E-state index in [0.717, 1.165) is 24.2 Å². The van der Waals surface area contributed by atoms with E-state index in [9.17, 15) is 4.79 Å². The van der Waals surface area contributed by atoms with Crippen LogP contribution in [0, 0.1) is 0 Å². The summed E-state index contributed by atoms with van der Waals surface area (Å²) in [7, 11) is 0. The van der Waals surface area contributed by atoms with Gasteiger partial charge in [0.25, 0.3) is 11.5 Å². The van der Waals surface area contributed by atoms with Gasteiger partial charge in [0, 0.05) is 25.4 Å². The van der Waals surface area contributed by atoms with Gasteiger partial charge in [0.2, 0.25) is 0 Å². The third kappa shape index (κ3) is 2.93. The van der Waals surface area contributed by atoms with Gasteiger partial charge in [-0.05, 0) is 17.7 Å². The van der Waals surface area contributed by atoms with Gasteiger partial charge in [0.15, 0.2) is 5.82 Å². The van der Waals surface area contributed by atoms with E-state index in [-0.39, 0.29) is 5.56 Å². The Hall–Kier alpha value is -3.52. The smallest absolute Gasteiger partial charge is 0.274 e. The molecule has 0 aliphatic carbocycles. The number of morpholine rings is 1. The normalized spacial score (nSPS) is 14.5. The van der Waals surface area contributed by atoms with Crippen LogP contribution in [0.4, 0.5) is 5.82 Å². The lowest BCUT2D eigenvalue weighted by molar-refractivity contribution is 0.122. The monoisotopic (exact) mass is 374 g/mol. The van der Waals surface area contributed by atoms with Crippen LogP contribution in [0.2, 0.25) is 0 Å². The Bertz CT molecular complexity index is 1180. The first-order valence-corrected chi connectivity index (χ1v) is 9.13. The fraction of sp³-hybridized carbons (Fsp3) is 0.200. The molecule has 4 heterocycles. The van der Waals surface area contributed by atoms with Crippen LogP contribution >= 0.6 is 0 Å². The molecule has 0 radical (unpaired) electrons. The molecule has 8 nitrogen and oxygen atoms in total. The van der Waals surface area contributed by atoms with E-state index in [1.165, 1.54) is 4.68 Å². The highest BCUT2D eigenvalue weighted by molar-refractivity contribution is 5.86. The molecule has 1 saturated heterocycles. The zero-order chi connectivity index (χ0) is 18.9. The average molecular weight is 374 g/mol. The second-order valence-corrected chi connectivity index (χ2v) is 6.53. The number of rotatable bonds is 3. The maximum Gasteiger partial charge on any atom is 0.274 e. The highest BCUT2D eigenvalue weighted by Crippen LogP contribution is 2.24. The summed E-state index contributed by atoms with van der Waals surface area (Å²) < 4.78 is 6.83. The number of hydrogen-bond acceptors (Lipinski definition) is 6. The van der Waals surface area contributed by atoms with E-state index >= 15 is 0 Å². The first kappa shape index (κ1) is 16.6. The Balaban J connectivity index is 1.65. The number of fused-ring (bicyclic) bond motifs is 1. The molecule has 0 saturated carbocycles. The van der Waals surface area contributed by atoms with Gasteiger partial charge in [-0.2, -0.15) is 9.67 Å². The Kier molecular flexibility index (Phi) is 4.10. The summed E-state index contributed by atoms with van der Waals surface area (Å²) in [5.41, 5.74) is 2.84. The van der Waals surface area contributed by atoms with Crippen LogP contribution < -0.4 is 10.5 Å². The third-order valence-electron chi connectivity index (χ3n) is 4.74. The third-order valence-corrected chi connectivity index (χ3v) is 4.74. The molecule has 1 fully saturated rings. The van der Waals surface area contributed by atoms with E-state index in [1.54, 1.807) is 12.3 Å².